The highest BCUT2D eigenvalue weighted by molar-refractivity contribution is 8.01. The Labute approximate surface area is 243 Å². The van der Waals surface area contributed by atoms with Gasteiger partial charge in [0.05, 0.1) is 29.0 Å². The molecule has 3 aromatic carbocycles. The highest BCUT2D eigenvalue weighted by atomic mass is 32.2. The van der Waals surface area contributed by atoms with Crippen LogP contribution in [0.3, 0.4) is 0 Å². The molecule has 3 heterocycles. The molecular weight excluding hydrogens is 534 g/mol. The number of thioether (sulfide) groups is 1. The van der Waals surface area contributed by atoms with Gasteiger partial charge in [0.2, 0.25) is 5.91 Å². The molecule has 0 N–H and O–H groups in total. The summed E-state index contributed by atoms with van der Waals surface area (Å²) in [5, 5.41) is -0.409. The Hall–Kier alpha value is -3.58. The molecule has 0 aromatic heterocycles. The molecule has 0 radical (unpaired) electrons. The van der Waals surface area contributed by atoms with Crippen molar-refractivity contribution in [2.24, 2.45) is 17.8 Å². The fourth-order valence-corrected chi connectivity index (χ4v) is 10.5. The van der Waals surface area contributed by atoms with E-state index in [4.69, 9.17) is 9.47 Å². The molecule has 3 saturated heterocycles. The number of nitrogens with zero attached hydrogens (tertiary/aromatic N) is 1. The molecule has 0 spiro atoms. The van der Waals surface area contributed by atoms with Crippen LogP contribution in [0.4, 0.5) is 0 Å². The Morgan fingerprint density at radius 2 is 1.44 bits per heavy atom. The van der Waals surface area contributed by atoms with Gasteiger partial charge in [-0.3, -0.25) is 14.4 Å². The monoisotopic (exact) mass is 565 g/mol. The number of para-hydroxylation sites is 1. The van der Waals surface area contributed by atoms with Crippen LogP contribution in [0.25, 0.3) is 0 Å². The molecule has 6 aliphatic rings. The Bertz CT molecular complexity index is 1520. The minimum atomic E-state index is -0.653. The Kier molecular flexibility index (Phi) is 5.65. The van der Waals surface area contributed by atoms with Crippen LogP contribution in [0.2, 0.25) is 0 Å². The molecule has 3 aromatic rings. The molecule has 3 fully saturated rings. The van der Waals surface area contributed by atoms with E-state index in [9.17, 15) is 14.4 Å². The zero-order valence-corrected chi connectivity index (χ0v) is 23.7. The van der Waals surface area contributed by atoms with Gasteiger partial charge < -0.3 is 14.4 Å². The SMILES string of the molecule is CC(C)N1C(=O)C2C3SC(C(OC(=O)C4CC5c6ccccc6C4c4ccccc45)C31)C2C(=O)Oc1ccccc1. The number of likely N-dealkylation sites (tertiary alicyclic amines) is 1. The van der Waals surface area contributed by atoms with E-state index in [1.165, 1.54) is 22.3 Å². The topological polar surface area (TPSA) is 72.9 Å². The fourth-order valence-electron chi connectivity index (χ4n) is 8.42. The maximum atomic E-state index is 14.2. The average Bonchev–Trinajstić information content (AvgIpc) is 3.61. The van der Waals surface area contributed by atoms with E-state index in [2.05, 4.69) is 36.4 Å². The lowest BCUT2D eigenvalue weighted by Gasteiger charge is -2.45. The van der Waals surface area contributed by atoms with E-state index in [0.29, 0.717) is 12.2 Å². The summed E-state index contributed by atoms with van der Waals surface area (Å²) in [5.74, 6) is -1.55. The highest BCUT2D eigenvalue weighted by Gasteiger charge is 2.72. The van der Waals surface area contributed by atoms with Crippen LogP contribution in [0.15, 0.2) is 78.9 Å². The van der Waals surface area contributed by atoms with E-state index in [1.54, 1.807) is 23.9 Å². The van der Waals surface area contributed by atoms with Gasteiger partial charge in [-0.15, -0.1) is 11.8 Å². The van der Waals surface area contributed by atoms with E-state index >= 15 is 0 Å². The summed E-state index contributed by atoms with van der Waals surface area (Å²) in [6, 6.07) is 25.6. The quantitative estimate of drug-likeness (QED) is 0.315. The first kappa shape index (κ1) is 25.2. The normalized spacial score (nSPS) is 33.6. The van der Waals surface area contributed by atoms with Crippen molar-refractivity contribution in [1.29, 1.82) is 0 Å². The van der Waals surface area contributed by atoms with Crippen LogP contribution in [-0.2, 0) is 19.1 Å². The largest absolute Gasteiger partial charge is 0.459 e. The Balaban J connectivity index is 1.12. The summed E-state index contributed by atoms with van der Waals surface area (Å²) >= 11 is 1.63. The molecule has 7 unspecified atom stereocenters. The number of benzene rings is 3. The summed E-state index contributed by atoms with van der Waals surface area (Å²) in [5.41, 5.74) is 5.01. The van der Waals surface area contributed by atoms with E-state index in [-0.39, 0.29) is 52.2 Å². The van der Waals surface area contributed by atoms with Gasteiger partial charge in [-0.25, -0.2) is 0 Å². The molecule has 7 heteroatoms. The number of fused-ring (bicyclic) bond motifs is 2. The zero-order valence-electron chi connectivity index (χ0n) is 22.9. The van der Waals surface area contributed by atoms with Crippen molar-refractivity contribution >= 4 is 29.6 Å². The number of ether oxygens (including phenoxy) is 2. The van der Waals surface area contributed by atoms with Crippen LogP contribution >= 0.6 is 11.8 Å². The van der Waals surface area contributed by atoms with Crippen molar-refractivity contribution in [3.63, 3.8) is 0 Å². The molecule has 208 valence electrons. The molecule has 6 nitrogen and oxygen atoms in total. The summed E-state index contributed by atoms with van der Waals surface area (Å²) in [6.07, 6.45) is 0.146. The van der Waals surface area contributed by atoms with E-state index in [0.717, 1.165) is 0 Å². The van der Waals surface area contributed by atoms with Crippen molar-refractivity contribution in [2.45, 2.75) is 60.8 Å². The van der Waals surface area contributed by atoms with Crippen LogP contribution < -0.4 is 4.74 Å². The fraction of sp³-hybridized carbons (Fsp3) is 0.382. The molecule has 9 rings (SSSR count). The van der Waals surface area contributed by atoms with Crippen LogP contribution in [-0.4, -0.2) is 51.4 Å². The maximum Gasteiger partial charge on any atom is 0.316 e. The molecule has 4 bridgehead atoms. The minimum Gasteiger partial charge on any atom is -0.459 e. The first-order valence-corrected chi connectivity index (χ1v) is 15.5. The summed E-state index contributed by atoms with van der Waals surface area (Å²) < 4.78 is 12.3. The van der Waals surface area contributed by atoms with Gasteiger partial charge in [-0.05, 0) is 54.7 Å². The molecule has 3 aliphatic heterocycles. The minimum absolute atomic E-state index is 0.0295. The third-order valence-corrected chi connectivity index (χ3v) is 11.7. The lowest BCUT2D eigenvalue weighted by molar-refractivity contribution is -0.161. The van der Waals surface area contributed by atoms with Gasteiger partial charge in [0, 0.05) is 23.1 Å². The first-order chi connectivity index (χ1) is 19.9. The number of hydrogen-bond acceptors (Lipinski definition) is 6. The third-order valence-electron chi connectivity index (χ3n) is 9.92. The lowest BCUT2D eigenvalue weighted by Crippen LogP contribution is -2.52. The number of hydrogen-bond donors (Lipinski definition) is 0. The predicted molar refractivity (Wildman–Crippen MR) is 155 cm³/mol. The molecule has 41 heavy (non-hydrogen) atoms. The first-order valence-electron chi connectivity index (χ1n) is 14.6. The predicted octanol–water partition coefficient (Wildman–Crippen LogP) is 5.15. The number of esters is 2. The summed E-state index contributed by atoms with van der Waals surface area (Å²) in [7, 11) is 0. The molecule has 1 amide bonds. The average molecular weight is 566 g/mol. The highest BCUT2D eigenvalue weighted by Crippen LogP contribution is 2.61. The van der Waals surface area contributed by atoms with Gasteiger partial charge in [-0.1, -0.05) is 66.7 Å². The standard InChI is InChI=1S/C34H31NO5S/c1-17(2)35-28-29(31-27(26(32(35)36)30(28)41-31)34(38)39-18-10-4-3-5-11-18)40-33(37)24-16-23-19-12-6-8-14-21(19)25(24)22-15-9-7-13-20(22)23/h3-15,17,23-31H,16H2,1-2H3. The Morgan fingerprint density at radius 3 is 2.07 bits per heavy atom. The summed E-state index contributed by atoms with van der Waals surface area (Å²) in [4.78, 5) is 43.3. The number of carbonyl (C=O) groups is 3. The van der Waals surface area contributed by atoms with Crippen molar-refractivity contribution in [3.05, 3.63) is 101 Å². The third kappa shape index (κ3) is 3.54. The molecule has 3 aliphatic carbocycles. The number of rotatable bonds is 5. The number of amides is 1. The van der Waals surface area contributed by atoms with Crippen molar-refractivity contribution in [2.75, 3.05) is 0 Å². The lowest BCUT2D eigenvalue weighted by atomic mass is 9.59. The zero-order chi connectivity index (χ0) is 28.0. The second-order valence-corrected chi connectivity index (χ2v) is 13.6. The van der Waals surface area contributed by atoms with Crippen molar-refractivity contribution in [3.8, 4) is 5.75 Å². The van der Waals surface area contributed by atoms with Crippen molar-refractivity contribution in [1.82, 2.24) is 4.90 Å². The van der Waals surface area contributed by atoms with E-state index < -0.39 is 23.9 Å². The van der Waals surface area contributed by atoms with Crippen LogP contribution in [0.1, 0.15) is 54.4 Å². The second-order valence-electron chi connectivity index (χ2n) is 12.2. The van der Waals surface area contributed by atoms with Gasteiger partial charge in [0.15, 0.2) is 0 Å². The second kappa shape index (κ2) is 9.21. The van der Waals surface area contributed by atoms with Crippen LogP contribution in [0.5, 0.6) is 5.75 Å². The smallest absolute Gasteiger partial charge is 0.316 e. The number of carbonyl (C=O) groups excluding carboxylic acids is 3. The van der Waals surface area contributed by atoms with Gasteiger partial charge in [0.25, 0.3) is 0 Å². The van der Waals surface area contributed by atoms with Crippen LogP contribution in [0, 0.1) is 17.8 Å². The van der Waals surface area contributed by atoms with Gasteiger partial charge in [-0.2, -0.15) is 0 Å². The molecule has 7 atom stereocenters. The van der Waals surface area contributed by atoms with Gasteiger partial charge in [0.1, 0.15) is 11.9 Å². The molecule has 0 saturated carbocycles. The molecular formula is C34H31NO5S. The van der Waals surface area contributed by atoms with Crippen molar-refractivity contribution < 1.29 is 23.9 Å². The Morgan fingerprint density at radius 1 is 0.829 bits per heavy atom. The van der Waals surface area contributed by atoms with Gasteiger partial charge >= 0.3 is 11.9 Å². The summed E-state index contributed by atoms with van der Waals surface area (Å²) in [6.45, 7) is 3.98. The van der Waals surface area contributed by atoms with E-state index in [1.807, 2.05) is 49.1 Å². The maximum absolute atomic E-state index is 14.2.